The molecule has 0 unspecified atom stereocenters. The molecule has 0 radical (unpaired) electrons. The predicted molar refractivity (Wildman–Crippen MR) is 130 cm³/mol. The smallest absolute Gasteiger partial charge is 0.362 e. The third-order valence-electron chi connectivity index (χ3n) is 5.79. The Morgan fingerprint density at radius 2 is 1.61 bits per heavy atom. The average molecular weight is 596 g/mol. The number of halogens is 3. The van der Waals surface area contributed by atoms with Crippen LogP contribution in [0.15, 0.2) is 54.6 Å². The Labute approximate surface area is 243 Å². The Bertz CT molecular complexity index is 894. The van der Waals surface area contributed by atoms with Crippen LogP contribution in [-0.2, 0) is 22.6 Å². The standard InChI is InChI=1S/C26H38N4O5.3ClH/c27-15-5-4-9-24(26(32)33)29-16-6-10-25(31)30(34)18-22(28)17-20-11-13-23(14-12-20)35-19-21-7-2-1-3-8-21;;;/h1-3,7-8,11-14,22,24,29,34H,4-6,9-10,15-19,27-28H2,(H,32,33);3*1H/t22-,24-;;;/m0.../s1. The molecule has 0 heterocycles. The van der Waals surface area contributed by atoms with Crippen molar-refractivity contribution in [2.45, 2.75) is 57.2 Å². The Kier molecular flexibility index (Phi) is 21.8. The molecule has 12 heteroatoms. The van der Waals surface area contributed by atoms with Crippen molar-refractivity contribution in [1.82, 2.24) is 5.06 Å². The zero-order valence-electron chi connectivity index (χ0n) is 21.6. The number of ether oxygens (including phenoxy) is 1. The lowest BCUT2D eigenvalue weighted by Gasteiger charge is -2.18. The molecule has 0 aliphatic heterocycles. The number of hydrogen-bond donors (Lipinski definition) is 5. The van der Waals surface area contributed by atoms with E-state index in [4.69, 9.17) is 4.74 Å². The molecule has 38 heavy (non-hydrogen) atoms. The molecule has 0 aromatic heterocycles. The molecule has 0 aliphatic rings. The molecule has 0 saturated carbocycles. The number of rotatable bonds is 17. The maximum atomic E-state index is 12.2. The van der Waals surface area contributed by atoms with Gasteiger partial charge in [0.2, 0.25) is 5.91 Å². The van der Waals surface area contributed by atoms with Crippen molar-refractivity contribution >= 4 is 11.9 Å². The van der Waals surface area contributed by atoms with Gasteiger partial charge >= 0.3 is 5.97 Å². The third-order valence-corrected chi connectivity index (χ3v) is 5.79. The van der Waals surface area contributed by atoms with E-state index in [1.807, 2.05) is 54.6 Å². The van der Waals surface area contributed by atoms with Crippen molar-refractivity contribution in [3.05, 3.63) is 65.7 Å². The van der Waals surface area contributed by atoms with Gasteiger partial charge in [0.1, 0.15) is 24.9 Å². The number of benzene rings is 2. The molecule has 0 aliphatic carbocycles. The molecule has 2 rings (SSSR count). The average Bonchev–Trinajstić information content (AvgIpc) is 2.85. The van der Waals surface area contributed by atoms with Crippen LogP contribution in [0.3, 0.4) is 0 Å². The summed E-state index contributed by atoms with van der Waals surface area (Å²) in [5, 5.41) is 21.9. The molecule has 2 aromatic carbocycles. The van der Waals surface area contributed by atoms with Gasteiger partial charge in [0.15, 0.2) is 6.04 Å². The number of carboxylic acid groups (broad SMARTS) is 1. The Morgan fingerprint density at radius 1 is 0.947 bits per heavy atom. The van der Waals surface area contributed by atoms with Gasteiger partial charge in [-0.1, -0.05) is 42.5 Å². The van der Waals surface area contributed by atoms with Gasteiger partial charge in [-0.15, -0.1) is 0 Å². The maximum absolute atomic E-state index is 12.2. The quantitative estimate of drug-likeness (QED) is 0.0697. The minimum Gasteiger partial charge on any atom is -1.00 e. The second kappa shape index (κ2) is 21.8. The molecule has 0 fully saturated rings. The first-order valence-electron chi connectivity index (χ1n) is 12.3. The van der Waals surface area contributed by atoms with Crippen LogP contribution in [0.25, 0.3) is 0 Å². The minimum absolute atomic E-state index is 0. The molecule has 0 saturated heterocycles. The van der Waals surface area contributed by atoms with E-state index in [0.717, 1.165) is 41.3 Å². The first kappa shape index (κ1) is 38.0. The molecular weight excluding hydrogens is 555 g/mol. The van der Waals surface area contributed by atoms with Crippen LogP contribution in [0.1, 0.15) is 43.2 Å². The van der Waals surface area contributed by atoms with Crippen molar-refractivity contribution in [3.8, 4) is 5.75 Å². The van der Waals surface area contributed by atoms with Gasteiger partial charge < -0.3 is 63.8 Å². The number of hydroxylamine groups is 2. The monoisotopic (exact) mass is 594 g/mol. The SMILES string of the molecule is [Cl-].[Cl-].[Cl-].[NH3+]CCCC[C@H]([NH2+]CCCC(=O)N(O)C[C@@H]([NH3+])Cc1ccc(OCc2ccccc2)cc1)C(=O)O. The fourth-order valence-corrected chi connectivity index (χ4v) is 3.79. The Morgan fingerprint density at radius 3 is 2.21 bits per heavy atom. The van der Waals surface area contributed by atoms with E-state index in [-0.39, 0.29) is 62.1 Å². The highest BCUT2D eigenvalue weighted by atomic mass is 35.5. The molecule has 9 nitrogen and oxygen atoms in total. The number of quaternary nitrogens is 3. The van der Waals surface area contributed by atoms with Crippen LogP contribution >= 0.6 is 0 Å². The summed E-state index contributed by atoms with van der Waals surface area (Å²) in [5.74, 6) is -0.429. The number of carboxylic acids is 1. The van der Waals surface area contributed by atoms with Crippen molar-refractivity contribution in [2.24, 2.45) is 0 Å². The fourth-order valence-electron chi connectivity index (χ4n) is 3.79. The first-order chi connectivity index (χ1) is 16.9. The number of aliphatic carboxylic acids is 1. The van der Waals surface area contributed by atoms with Crippen LogP contribution in [0.2, 0.25) is 0 Å². The zero-order chi connectivity index (χ0) is 25.5. The molecule has 10 N–H and O–H groups in total. The number of hydrogen-bond acceptors (Lipinski definition) is 4. The predicted octanol–water partition coefficient (Wildman–Crippen LogP) is -9.14. The number of amides is 1. The number of nitrogens with zero attached hydrogens (tertiary/aromatic N) is 1. The van der Waals surface area contributed by atoms with Crippen LogP contribution in [-0.4, -0.2) is 59.0 Å². The summed E-state index contributed by atoms with van der Waals surface area (Å²) < 4.78 is 5.80. The van der Waals surface area contributed by atoms with Crippen LogP contribution < -0.4 is 58.7 Å². The molecule has 216 valence electrons. The van der Waals surface area contributed by atoms with Gasteiger partial charge in [0.05, 0.1) is 13.1 Å². The molecule has 2 atom stereocenters. The van der Waals surface area contributed by atoms with Crippen LogP contribution in [0.4, 0.5) is 0 Å². The minimum atomic E-state index is -0.833. The molecule has 2 aromatic rings. The summed E-state index contributed by atoms with van der Waals surface area (Å²) in [6, 6.07) is 17.0. The summed E-state index contributed by atoms with van der Waals surface area (Å²) in [4.78, 5) is 23.6. The van der Waals surface area contributed by atoms with Crippen molar-refractivity contribution in [2.75, 3.05) is 19.6 Å². The highest BCUT2D eigenvalue weighted by Gasteiger charge is 2.21. The summed E-state index contributed by atoms with van der Waals surface area (Å²) >= 11 is 0. The van der Waals surface area contributed by atoms with Crippen molar-refractivity contribution < 1.29 is 78.6 Å². The molecule has 0 spiro atoms. The topological polar surface area (TPSA) is 159 Å². The van der Waals surface area contributed by atoms with Gasteiger partial charge in [-0.3, -0.25) is 10.0 Å². The highest BCUT2D eigenvalue weighted by Crippen LogP contribution is 2.15. The van der Waals surface area contributed by atoms with Crippen molar-refractivity contribution in [3.63, 3.8) is 0 Å². The zero-order valence-corrected chi connectivity index (χ0v) is 23.9. The van der Waals surface area contributed by atoms with Crippen LogP contribution in [0, 0.1) is 0 Å². The van der Waals surface area contributed by atoms with Gasteiger partial charge in [0, 0.05) is 25.7 Å². The molecule has 0 bridgehead atoms. The van der Waals surface area contributed by atoms with E-state index in [0.29, 0.717) is 32.4 Å². The van der Waals surface area contributed by atoms with E-state index >= 15 is 0 Å². The van der Waals surface area contributed by atoms with E-state index in [1.165, 1.54) is 0 Å². The highest BCUT2D eigenvalue weighted by molar-refractivity contribution is 5.74. The number of nitrogens with two attached hydrogens (primary N) is 1. The number of carbonyl (C=O) groups excluding carboxylic acids is 1. The number of unbranched alkanes of at least 4 members (excludes halogenated alkanes) is 1. The Balaban J connectivity index is 0. The maximum Gasteiger partial charge on any atom is 0.362 e. The second-order valence-electron chi connectivity index (χ2n) is 8.89. The normalized spacial score (nSPS) is 11.7. The van der Waals surface area contributed by atoms with Gasteiger partial charge in [-0.2, -0.15) is 0 Å². The Hall–Kier alpha value is -2.11. The summed E-state index contributed by atoms with van der Waals surface area (Å²) in [6.45, 7) is 1.96. The second-order valence-corrected chi connectivity index (χ2v) is 8.89. The lowest BCUT2D eigenvalue weighted by molar-refractivity contribution is -0.679. The van der Waals surface area contributed by atoms with Crippen molar-refractivity contribution in [1.29, 1.82) is 0 Å². The van der Waals surface area contributed by atoms with E-state index in [9.17, 15) is 19.9 Å². The third kappa shape index (κ3) is 15.3. The fraction of sp³-hybridized carbons (Fsp3) is 0.462. The molecular formula is C26H41Cl3N4O5. The van der Waals surface area contributed by atoms with Gasteiger partial charge in [0.25, 0.3) is 0 Å². The molecule has 1 amide bonds. The lowest BCUT2D eigenvalue weighted by atomic mass is 10.1. The van der Waals surface area contributed by atoms with Crippen LogP contribution in [0.5, 0.6) is 5.75 Å². The van der Waals surface area contributed by atoms with Gasteiger partial charge in [-0.25, -0.2) is 9.86 Å². The summed E-state index contributed by atoms with van der Waals surface area (Å²) in [6.07, 6.45) is 3.61. The largest absolute Gasteiger partial charge is 1.00 e. The van der Waals surface area contributed by atoms with E-state index < -0.39 is 12.0 Å². The lowest BCUT2D eigenvalue weighted by Crippen LogP contribution is -3.00. The van der Waals surface area contributed by atoms with E-state index in [2.05, 4.69) is 11.5 Å². The van der Waals surface area contributed by atoms with Gasteiger partial charge in [-0.05, 0) is 36.1 Å². The summed E-state index contributed by atoms with van der Waals surface area (Å²) in [7, 11) is 0. The number of carbonyl (C=O) groups is 2. The summed E-state index contributed by atoms with van der Waals surface area (Å²) in [5.41, 5.74) is 9.99. The van der Waals surface area contributed by atoms with E-state index in [1.54, 1.807) is 5.32 Å². The first-order valence-corrected chi connectivity index (χ1v) is 12.3.